The van der Waals surface area contributed by atoms with Gasteiger partial charge < -0.3 is 0 Å². The van der Waals surface area contributed by atoms with E-state index in [1.165, 1.54) is 0 Å². The van der Waals surface area contributed by atoms with Crippen molar-refractivity contribution in [2.75, 3.05) is 0 Å². The van der Waals surface area contributed by atoms with Crippen molar-refractivity contribution >= 4 is 51.5 Å². The third kappa shape index (κ3) is 2.50. The lowest BCUT2D eigenvalue weighted by Gasteiger charge is -1.98. The van der Waals surface area contributed by atoms with Crippen molar-refractivity contribution < 1.29 is 0 Å². The quantitative estimate of drug-likeness (QED) is 0.685. The number of rotatable bonds is 1. The molecule has 0 aliphatic rings. The Bertz CT molecular complexity index is 207. The van der Waals surface area contributed by atoms with E-state index in [0.717, 1.165) is 5.30 Å². The first-order valence-corrected chi connectivity index (χ1v) is 9.37. The maximum Gasteiger partial charge on any atom is 0.281 e. The fourth-order valence-electron chi connectivity index (χ4n) is 0.597. The second kappa shape index (κ2) is 3.53. The average Bonchev–Trinajstić information content (AvgIpc) is 1.88. The SMILES string of the molecule is Cl[P+](Br)(Br)c1ccccc1. The predicted octanol–water partition coefficient (Wildman–Crippen LogP) is 4.10. The highest BCUT2D eigenvalue weighted by atomic mass is 79.9. The molecule has 0 spiro atoms. The molecular formula is C6H5Br2ClP+. The summed E-state index contributed by atoms with van der Waals surface area (Å²) in [5.74, 6) is 0. The standard InChI is InChI=1S/C6H5Br2ClP/c7-10(8,9)6-4-2-1-3-5-6/h1-5H/q+1. The van der Waals surface area contributed by atoms with Crippen LogP contribution in [0.25, 0.3) is 0 Å². The minimum atomic E-state index is -1.67. The van der Waals surface area contributed by atoms with Crippen LogP contribution in [0, 0.1) is 0 Å². The molecule has 0 nitrogen and oxygen atoms in total. The maximum absolute atomic E-state index is 6.00. The van der Waals surface area contributed by atoms with Gasteiger partial charge in [0.15, 0.2) is 31.0 Å². The van der Waals surface area contributed by atoms with Gasteiger partial charge >= 0.3 is 0 Å². The molecule has 1 aromatic rings. The second-order valence-electron chi connectivity index (χ2n) is 1.78. The van der Waals surface area contributed by atoms with Crippen LogP contribution in [0.5, 0.6) is 0 Å². The monoisotopic (exact) mass is 301 g/mol. The first-order chi connectivity index (χ1) is 4.61. The molecule has 1 rings (SSSR count). The molecule has 0 saturated carbocycles. The molecule has 0 atom stereocenters. The summed E-state index contributed by atoms with van der Waals surface area (Å²) in [5.41, 5.74) is 0. The van der Waals surface area contributed by atoms with Crippen LogP contribution in [0.4, 0.5) is 0 Å². The Balaban J connectivity index is 2.97. The van der Waals surface area contributed by atoms with Crippen LogP contribution < -0.4 is 5.30 Å². The van der Waals surface area contributed by atoms with Gasteiger partial charge in [0.25, 0.3) is 4.02 Å². The minimum absolute atomic E-state index is 1.11. The minimum Gasteiger partial charge on any atom is -0.0620 e. The summed E-state index contributed by atoms with van der Waals surface area (Å²) in [7, 11) is 0. The van der Waals surface area contributed by atoms with E-state index in [2.05, 4.69) is 31.0 Å². The van der Waals surface area contributed by atoms with E-state index in [4.69, 9.17) is 11.2 Å². The average molecular weight is 303 g/mol. The van der Waals surface area contributed by atoms with Gasteiger partial charge in [0.1, 0.15) is 16.5 Å². The Labute approximate surface area is 81.6 Å². The second-order valence-corrected chi connectivity index (χ2v) is 16.4. The lowest BCUT2D eigenvalue weighted by Crippen LogP contribution is -1.94. The van der Waals surface area contributed by atoms with E-state index in [-0.39, 0.29) is 0 Å². The van der Waals surface area contributed by atoms with Crippen LogP contribution in [0.2, 0.25) is 0 Å². The van der Waals surface area contributed by atoms with E-state index in [0.29, 0.717) is 0 Å². The van der Waals surface area contributed by atoms with Crippen molar-refractivity contribution in [2.45, 2.75) is 0 Å². The first kappa shape index (κ1) is 8.99. The highest BCUT2D eigenvalue weighted by Crippen LogP contribution is 2.76. The van der Waals surface area contributed by atoms with Crippen LogP contribution in [-0.4, -0.2) is 0 Å². The summed E-state index contributed by atoms with van der Waals surface area (Å²) in [6.45, 7) is 0. The number of halogens is 3. The lowest BCUT2D eigenvalue weighted by molar-refractivity contribution is 1.78. The van der Waals surface area contributed by atoms with Gasteiger partial charge in [-0.05, 0) is 12.1 Å². The van der Waals surface area contributed by atoms with Gasteiger partial charge in [-0.2, -0.15) is 0 Å². The molecule has 10 heavy (non-hydrogen) atoms. The van der Waals surface area contributed by atoms with Crippen molar-refractivity contribution in [2.24, 2.45) is 0 Å². The normalized spacial score (nSPS) is 11.5. The Kier molecular flexibility index (Phi) is 3.18. The molecule has 0 amide bonds. The van der Waals surface area contributed by atoms with Gasteiger partial charge in [-0.25, -0.2) is 0 Å². The smallest absolute Gasteiger partial charge is 0.0620 e. The van der Waals surface area contributed by atoms with E-state index in [1.54, 1.807) is 0 Å². The summed E-state index contributed by atoms with van der Waals surface area (Å²) in [4.78, 5) is 0. The fourth-order valence-corrected chi connectivity index (χ4v) is 2.86. The van der Waals surface area contributed by atoms with E-state index in [1.807, 2.05) is 30.3 Å². The molecule has 0 radical (unpaired) electrons. The molecule has 1 aromatic carbocycles. The third-order valence-electron chi connectivity index (χ3n) is 1.05. The molecule has 0 fully saturated rings. The van der Waals surface area contributed by atoms with Crippen LogP contribution in [0.15, 0.2) is 30.3 Å². The van der Waals surface area contributed by atoms with Gasteiger partial charge in [0.2, 0.25) is 0 Å². The van der Waals surface area contributed by atoms with E-state index >= 15 is 0 Å². The molecule has 0 bridgehead atoms. The number of hydrogen-bond donors (Lipinski definition) is 0. The zero-order valence-corrected chi connectivity index (χ0v) is 9.79. The molecule has 0 heterocycles. The molecule has 0 N–H and O–H groups in total. The van der Waals surface area contributed by atoms with Gasteiger partial charge in [-0.1, -0.05) is 18.2 Å². The predicted molar refractivity (Wildman–Crippen MR) is 56.7 cm³/mol. The van der Waals surface area contributed by atoms with Crippen molar-refractivity contribution in [3.8, 4) is 0 Å². The Morgan fingerprint density at radius 3 is 1.90 bits per heavy atom. The van der Waals surface area contributed by atoms with Crippen LogP contribution >= 0.6 is 46.2 Å². The molecule has 54 valence electrons. The molecular weight excluding hydrogens is 298 g/mol. The molecule has 0 aliphatic heterocycles. The van der Waals surface area contributed by atoms with E-state index < -0.39 is 4.02 Å². The summed E-state index contributed by atoms with van der Waals surface area (Å²) in [6, 6.07) is 9.88. The largest absolute Gasteiger partial charge is 0.281 e. The Hall–Kier alpha value is 0.900. The zero-order chi connectivity index (χ0) is 7.61. The molecule has 0 unspecified atom stereocenters. The lowest BCUT2D eigenvalue weighted by atomic mass is 10.4. The van der Waals surface area contributed by atoms with Crippen LogP contribution in [0.3, 0.4) is 0 Å². The highest BCUT2D eigenvalue weighted by Gasteiger charge is 2.33. The zero-order valence-electron chi connectivity index (χ0n) is 4.97. The highest BCUT2D eigenvalue weighted by molar-refractivity contribution is 9.76. The van der Waals surface area contributed by atoms with Crippen molar-refractivity contribution in [3.63, 3.8) is 0 Å². The Morgan fingerprint density at radius 1 is 1.10 bits per heavy atom. The number of benzene rings is 1. The Morgan fingerprint density at radius 2 is 1.60 bits per heavy atom. The van der Waals surface area contributed by atoms with Crippen molar-refractivity contribution in [3.05, 3.63) is 30.3 Å². The summed E-state index contributed by atoms with van der Waals surface area (Å²) < 4.78 is -1.67. The third-order valence-corrected chi connectivity index (χ3v) is 4.98. The van der Waals surface area contributed by atoms with Crippen LogP contribution in [-0.2, 0) is 0 Å². The fraction of sp³-hybridized carbons (Fsp3) is 0. The first-order valence-electron chi connectivity index (χ1n) is 2.64. The van der Waals surface area contributed by atoms with Gasteiger partial charge in [-0.15, -0.1) is 0 Å². The number of hydrogen-bond acceptors (Lipinski definition) is 0. The van der Waals surface area contributed by atoms with Crippen molar-refractivity contribution in [1.29, 1.82) is 0 Å². The van der Waals surface area contributed by atoms with Crippen LogP contribution in [0.1, 0.15) is 0 Å². The van der Waals surface area contributed by atoms with E-state index in [9.17, 15) is 0 Å². The molecule has 0 aromatic heterocycles. The molecule has 0 saturated heterocycles. The summed E-state index contributed by atoms with van der Waals surface area (Å²) >= 11 is 12.8. The maximum atomic E-state index is 6.00. The topological polar surface area (TPSA) is 0 Å². The van der Waals surface area contributed by atoms with Gasteiger partial charge in [0.05, 0.1) is 0 Å². The molecule has 4 heteroatoms. The summed E-state index contributed by atoms with van der Waals surface area (Å²) in [5, 5.41) is 1.11. The van der Waals surface area contributed by atoms with Gasteiger partial charge in [0, 0.05) is 0 Å². The molecule has 0 aliphatic carbocycles. The summed E-state index contributed by atoms with van der Waals surface area (Å²) in [6.07, 6.45) is 0. The van der Waals surface area contributed by atoms with Gasteiger partial charge in [-0.3, -0.25) is 0 Å². The van der Waals surface area contributed by atoms with Crippen molar-refractivity contribution in [1.82, 2.24) is 0 Å².